The van der Waals surface area contributed by atoms with Crippen molar-refractivity contribution < 1.29 is 19.4 Å². The van der Waals surface area contributed by atoms with Crippen LogP contribution in [0, 0.1) is 0 Å². The number of carboxylic acids is 1. The summed E-state index contributed by atoms with van der Waals surface area (Å²) >= 11 is 6.14. The molecule has 1 atom stereocenters. The number of carbonyl (C=O) groups is 2. The van der Waals surface area contributed by atoms with E-state index < -0.39 is 5.97 Å². The molecule has 1 aromatic carbocycles. The molecule has 26 heavy (non-hydrogen) atoms. The van der Waals surface area contributed by atoms with E-state index in [1.807, 2.05) is 0 Å². The molecule has 1 saturated heterocycles. The molecule has 2 aromatic rings. The Labute approximate surface area is 155 Å². The quantitative estimate of drug-likeness (QED) is 0.791. The van der Waals surface area contributed by atoms with Gasteiger partial charge in [-0.1, -0.05) is 28.9 Å². The zero-order valence-electron chi connectivity index (χ0n) is 14.0. The third-order valence-corrected chi connectivity index (χ3v) is 4.46. The van der Waals surface area contributed by atoms with Crippen molar-refractivity contribution in [3.8, 4) is 5.69 Å². The smallest absolute Gasteiger partial charge is 0.305 e. The van der Waals surface area contributed by atoms with Gasteiger partial charge in [-0.25, -0.2) is 4.68 Å². The number of ether oxygens (including phenoxy) is 1. The minimum atomic E-state index is -0.963. The van der Waals surface area contributed by atoms with E-state index in [0.29, 0.717) is 23.9 Å². The first kappa shape index (κ1) is 18.3. The molecule has 2 heterocycles. The van der Waals surface area contributed by atoms with Crippen LogP contribution < -0.4 is 0 Å². The van der Waals surface area contributed by atoms with Crippen molar-refractivity contribution in [3.63, 3.8) is 0 Å². The molecule has 0 aliphatic carbocycles. The average molecular weight is 379 g/mol. The van der Waals surface area contributed by atoms with Gasteiger partial charge in [0, 0.05) is 19.7 Å². The van der Waals surface area contributed by atoms with Crippen LogP contribution in [-0.4, -0.2) is 62.7 Å². The summed E-state index contributed by atoms with van der Waals surface area (Å²) in [6, 6.07) is 7.08. The average Bonchev–Trinajstić information content (AvgIpc) is 3.30. The molecule has 8 nitrogen and oxygen atoms in total. The molecule has 1 amide bonds. The molecule has 3 rings (SSSR count). The van der Waals surface area contributed by atoms with Gasteiger partial charge in [-0.05, 0) is 25.0 Å². The van der Waals surface area contributed by atoms with Crippen molar-refractivity contribution in [3.05, 3.63) is 41.2 Å². The number of hydrogen-bond acceptors (Lipinski definition) is 5. The summed E-state index contributed by atoms with van der Waals surface area (Å²) in [5.74, 6) is -1.34. The first-order valence-electron chi connectivity index (χ1n) is 8.34. The number of para-hydroxylation sites is 1. The summed E-state index contributed by atoms with van der Waals surface area (Å²) in [6.45, 7) is 1.09. The maximum atomic E-state index is 12.8. The number of benzene rings is 1. The van der Waals surface area contributed by atoms with Gasteiger partial charge in [-0.3, -0.25) is 9.59 Å². The van der Waals surface area contributed by atoms with Gasteiger partial charge in [-0.15, -0.1) is 5.10 Å². The maximum absolute atomic E-state index is 12.8. The van der Waals surface area contributed by atoms with Crippen LogP contribution in [0.2, 0.25) is 5.02 Å². The van der Waals surface area contributed by atoms with E-state index >= 15 is 0 Å². The van der Waals surface area contributed by atoms with E-state index in [2.05, 4.69) is 10.3 Å². The lowest BCUT2D eigenvalue weighted by atomic mass is 10.2. The predicted octanol–water partition coefficient (Wildman–Crippen LogP) is 2.02. The van der Waals surface area contributed by atoms with Crippen molar-refractivity contribution in [2.45, 2.75) is 25.4 Å². The fourth-order valence-electron chi connectivity index (χ4n) is 2.82. The zero-order valence-corrected chi connectivity index (χ0v) is 14.8. The van der Waals surface area contributed by atoms with Crippen molar-refractivity contribution >= 4 is 23.5 Å². The van der Waals surface area contributed by atoms with Gasteiger partial charge in [0.1, 0.15) is 0 Å². The summed E-state index contributed by atoms with van der Waals surface area (Å²) in [6.07, 6.45) is 3.06. The topological polar surface area (TPSA) is 97.6 Å². The van der Waals surface area contributed by atoms with Crippen LogP contribution in [0.3, 0.4) is 0 Å². The number of nitrogens with zero attached hydrogens (tertiary/aromatic N) is 4. The molecule has 1 aliphatic rings. The lowest BCUT2D eigenvalue weighted by molar-refractivity contribution is -0.137. The van der Waals surface area contributed by atoms with Crippen LogP contribution in [0.15, 0.2) is 30.5 Å². The molecule has 1 aromatic heterocycles. The van der Waals surface area contributed by atoms with Crippen LogP contribution in [0.4, 0.5) is 0 Å². The molecule has 0 radical (unpaired) electrons. The molecule has 0 bridgehead atoms. The van der Waals surface area contributed by atoms with Gasteiger partial charge in [-0.2, -0.15) is 0 Å². The van der Waals surface area contributed by atoms with Gasteiger partial charge >= 0.3 is 5.97 Å². The van der Waals surface area contributed by atoms with Gasteiger partial charge in [0.15, 0.2) is 5.69 Å². The molecule has 0 spiro atoms. The predicted molar refractivity (Wildman–Crippen MR) is 93.5 cm³/mol. The lowest BCUT2D eigenvalue weighted by Gasteiger charge is -2.23. The summed E-state index contributed by atoms with van der Waals surface area (Å²) in [5, 5.41) is 17.3. The maximum Gasteiger partial charge on any atom is 0.305 e. The highest BCUT2D eigenvalue weighted by Crippen LogP contribution is 2.19. The van der Waals surface area contributed by atoms with E-state index in [0.717, 1.165) is 12.8 Å². The van der Waals surface area contributed by atoms with E-state index in [-0.39, 0.29) is 30.7 Å². The van der Waals surface area contributed by atoms with Crippen LogP contribution >= 0.6 is 11.6 Å². The first-order valence-corrected chi connectivity index (χ1v) is 8.72. The largest absolute Gasteiger partial charge is 0.481 e. The summed E-state index contributed by atoms with van der Waals surface area (Å²) in [5.41, 5.74) is 0.741. The SMILES string of the molecule is O=C(O)CCN(CC1CCCO1)C(=O)c1cn(-c2ccccc2Cl)nn1. The molecular formula is C17H19ClN4O4. The van der Waals surface area contributed by atoms with Gasteiger partial charge < -0.3 is 14.7 Å². The van der Waals surface area contributed by atoms with E-state index in [1.54, 1.807) is 24.3 Å². The number of carboxylic acid groups (broad SMARTS) is 1. The Bertz CT molecular complexity index is 789. The van der Waals surface area contributed by atoms with E-state index in [9.17, 15) is 9.59 Å². The van der Waals surface area contributed by atoms with E-state index in [1.165, 1.54) is 15.8 Å². The van der Waals surface area contributed by atoms with Gasteiger partial charge in [0.05, 0.1) is 29.4 Å². The molecule has 1 unspecified atom stereocenters. The molecular weight excluding hydrogens is 360 g/mol. The van der Waals surface area contributed by atoms with Crippen molar-refractivity contribution in [1.82, 2.24) is 19.9 Å². The second kappa shape index (κ2) is 8.29. The number of hydrogen-bond donors (Lipinski definition) is 1. The van der Waals surface area contributed by atoms with Crippen LogP contribution in [-0.2, 0) is 9.53 Å². The number of amides is 1. The first-order chi connectivity index (χ1) is 12.5. The Balaban J connectivity index is 1.77. The number of aromatic nitrogens is 3. The Morgan fingerprint density at radius 3 is 2.88 bits per heavy atom. The van der Waals surface area contributed by atoms with Gasteiger partial charge in [0.2, 0.25) is 0 Å². The molecule has 9 heteroatoms. The summed E-state index contributed by atoms with van der Waals surface area (Å²) in [4.78, 5) is 25.2. The normalized spacial score (nSPS) is 16.6. The van der Waals surface area contributed by atoms with Crippen molar-refractivity contribution in [1.29, 1.82) is 0 Å². The fraction of sp³-hybridized carbons (Fsp3) is 0.412. The molecule has 1 N–H and O–H groups in total. The Morgan fingerprint density at radius 2 is 2.19 bits per heavy atom. The monoisotopic (exact) mass is 378 g/mol. The lowest BCUT2D eigenvalue weighted by Crippen LogP contribution is -2.39. The minimum Gasteiger partial charge on any atom is -0.481 e. The minimum absolute atomic E-state index is 0.0774. The van der Waals surface area contributed by atoms with Crippen molar-refractivity contribution in [2.75, 3.05) is 19.7 Å². The molecule has 1 aliphatic heterocycles. The summed E-state index contributed by atoms with van der Waals surface area (Å²) < 4.78 is 6.99. The number of halogens is 1. The van der Waals surface area contributed by atoms with Crippen molar-refractivity contribution in [2.24, 2.45) is 0 Å². The second-order valence-electron chi connectivity index (χ2n) is 6.03. The van der Waals surface area contributed by atoms with E-state index in [4.69, 9.17) is 21.4 Å². The van der Waals surface area contributed by atoms with Gasteiger partial charge in [0.25, 0.3) is 5.91 Å². The van der Waals surface area contributed by atoms with Crippen LogP contribution in [0.25, 0.3) is 5.69 Å². The number of carbonyl (C=O) groups excluding carboxylic acids is 1. The number of rotatable bonds is 7. The molecule has 138 valence electrons. The molecule has 0 saturated carbocycles. The highest BCUT2D eigenvalue weighted by molar-refractivity contribution is 6.32. The second-order valence-corrected chi connectivity index (χ2v) is 6.44. The third-order valence-electron chi connectivity index (χ3n) is 4.14. The van der Waals surface area contributed by atoms with Crippen LogP contribution in [0.5, 0.6) is 0 Å². The third kappa shape index (κ3) is 4.39. The highest BCUT2D eigenvalue weighted by atomic mass is 35.5. The Hall–Kier alpha value is -2.45. The highest BCUT2D eigenvalue weighted by Gasteiger charge is 2.25. The Morgan fingerprint density at radius 1 is 1.38 bits per heavy atom. The summed E-state index contributed by atoms with van der Waals surface area (Å²) in [7, 11) is 0. The van der Waals surface area contributed by atoms with Crippen LogP contribution in [0.1, 0.15) is 29.8 Å². The molecule has 1 fully saturated rings. The fourth-order valence-corrected chi connectivity index (χ4v) is 3.04. The number of aliphatic carboxylic acids is 1. The zero-order chi connectivity index (χ0) is 18.5. The standard InChI is InChI=1S/C17H19ClN4O4/c18-13-5-1-2-6-15(13)22-11-14(19-20-22)17(25)21(8-7-16(23)24)10-12-4-3-9-26-12/h1-2,5-6,11-12H,3-4,7-10H2,(H,23,24). The Kier molecular flexibility index (Phi) is 5.85.